The van der Waals surface area contributed by atoms with Crippen molar-refractivity contribution in [2.75, 3.05) is 18.5 Å². The van der Waals surface area contributed by atoms with E-state index in [0.29, 0.717) is 19.8 Å². The third-order valence-corrected chi connectivity index (χ3v) is 4.71. The van der Waals surface area contributed by atoms with E-state index in [1.165, 1.54) is 11.1 Å². The first-order chi connectivity index (χ1) is 11.9. The van der Waals surface area contributed by atoms with E-state index in [9.17, 15) is 4.79 Å². The fourth-order valence-corrected chi connectivity index (χ4v) is 3.04. The van der Waals surface area contributed by atoms with Gasteiger partial charge in [0.1, 0.15) is 5.82 Å². The van der Waals surface area contributed by atoms with Gasteiger partial charge in [0.05, 0.1) is 12.7 Å². The van der Waals surface area contributed by atoms with Gasteiger partial charge in [0.15, 0.2) is 0 Å². The summed E-state index contributed by atoms with van der Waals surface area (Å²) in [5, 5.41) is 7.38. The standard InChI is InChI=1S/C20H27N3O2/c1-20(2,3)17-6-4-15(5-7-17)14-23-18(8-11-21-23)22-19(24)16-9-12-25-13-10-16/h4-8,11,16H,9-10,12-14H2,1-3H3,(H,22,24). The smallest absolute Gasteiger partial charge is 0.228 e. The van der Waals surface area contributed by atoms with Crippen LogP contribution in [0.3, 0.4) is 0 Å². The third kappa shape index (κ3) is 4.48. The van der Waals surface area contributed by atoms with Crippen molar-refractivity contribution in [3.05, 3.63) is 47.7 Å². The zero-order valence-corrected chi connectivity index (χ0v) is 15.3. The Labute approximate surface area is 149 Å². The predicted molar refractivity (Wildman–Crippen MR) is 98.6 cm³/mol. The number of ether oxygens (including phenoxy) is 1. The lowest BCUT2D eigenvalue weighted by Crippen LogP contribution is -2.29. The van der Waals surface area contributed by atoms with Gasteiger partial charge >= 0.3 is 0 Å². The van der Waals surface area contributed by atoms with E-state index in [1.54, 1.807) is 6.20 Å². The van der Waals surface area contributed by atoms with Gasteiger partial charge in [-0.1, -0.05) is 45.0 Å². The molecule has 0 radical (unpaired) electrons. The van der Waals surface area contributed by atoms with Crippen molar-refractivity contribution in [3.8, 4) is 0 Å². The number of hydrogen-bond acceptors (Lipinski definition) is 3. The maximum Gasteiger partial charge on any atom is 0.228 e. The molecule has 1 aliphatic rings. The molecule has 1 amide bonds. The van der Waals surface area contributed by atoms with Crippen LogP contribution < -0.4 is 5.32 Å². The second kappa shape index (κ2) is 7.40. The van der Waals surface area contributed by atoms with Crippen molar-refractivity contribution in [1.82, 2.24) is 9.78 Å². The Morgan fingerprint density at radius 1 is 1.20 bits per heavy atom. The topological polar surface area (TPSA) is 56.2 Å². The number of hydrogen-bond donors (Lipinski definition) is 1. The highest BCUT2D eigenvalue weighted by Crippen LogP contribution is 2.23. The van der Waals surface area contributed by atoms with E-state index in [2.05, 4.69) is 55.5 Å². The lowest BCUT2D eigenvalue weighted by atomic mass is 9.87. The van der Waals surface area contributed by atoms with Gasteiger partial charge in [-0.15, -0.1) is 0 Å². The Morgan fingerprint density at radius 3 is 2.52 bits per heavy atom. The van der Waals surface area contributed by atoms with Gasteiger partial charge in [-0.05, 0) is 29.4 Å². The second-order valence-electron chi connectivity index (χ2n) is 7.70. The molecule has 3 rings (SSSR count). The van der Waals surface area contributed by atoms with Crippen LogP contribution in [0, 0.1) is 5.92 Å². The van der Waals surface area contributed by atoms with Crippen LogP contribution in [0.5, 0.6) is 0 Å². The minimum absolute atomic E-state index is 0.0307. The van der Waals surface area contributed by atoms with Crippen molar-refractivity contribution in [1.29, 1.82) is 0 Å². The zero-order valence-electron chi connectivity index (χ0n) is 15.3. The van der Waals surface area contributed by atoms with Crippen molar-refractivity contribution < 1.29 is 9.53 Å². The fourth-order valence-electron chi connectivity index (χ4n) is 3.04. The summed E-state index contributed by atoms with van der Waals surface area (Å²) in [5.41, 5.74) is 2.62. The molecule has 1 aromatic heterocycles. The molecule has 0 unspecified atom stereocenters. The number of nitrogens with zero attached hydrogens (tertiary/aromatic N) is 2. The maximum absolute atomic E-state index is 12.4. The molecule has 134 valence electrons. The van der Waals surface area contributed by atoms with Gasteiger partial charge in [-0.2, -0.15) is 5.10 Å². The Balaban J connectivity index is 1.66. The van der Waals surface area contributed by atoms with Crippen LogP contribution in [0.1, 0.15) is 44.7 Å². The Bertz CT molecular complexity index is 707. The molecule has 0 spiro atoms. The Hall–Kier alpha value is -2.14. The largest absolute Gasteiger partial charge is 0.381 e. The summed E-state index contributed by atoms with van der Waals surface area (Å²) in [5.74, 6) is 0.840. The van der Waals surface area contributed by atoms with Gasteiger partial charge in [0, 0.05) is 25.2 Å². The van der Waals surface area contributed by atoms with Crippen LogP contribution in [0.2, 0.25) is 0 Å². The molecule has 1 aromatic carbocycles. The highest BCUT2D eigenvalue weighted by molar-refractivity contribution is 5.91. The van der Waals surface area contributed by atoms with Gasteiger partial charge in [0.2, 0.25) is 5.91 Å². The minimum Gasteiger partial charge on any atom is -0.381 e. The second-order valence-corrected chi connectivity index (χ2v) is 7.70. The van der Waals surface area contributed by atoms with Gasteiger partial charge in [-0.3, -0.25) is 4.79 Å². The predicted octanol–water partition coefficient (Wildman–Crippen LogP) is 3.59. The minimum atomic E-state index is 0.0307. The van der Waals surface area contributed by atoms with E-state index >= 15 is 0 Å². The van der Waals surface area contributed by atoms with Crippen molar-refractivity contribution in [2.45, 2.75) is 45.6 Å². The number of amides is 1. The molecule has 1 saturated heterocycles. The summed E-state index contributed by atoms with van der Waals surface area (Å²) < 4.78 is 7.16. The average molecular weight is 341 g/mol. The Kier molecular flexibility index (Phi) is 5.23. The number of nitrogens with one attached hydrogen (secondary N) is 1. The van der Waals surface area contributed by atoms with Gasteiger partial charge < -0.3 is 10.1 Å². The molecule has 1 aliphatic heterocycles. The van der Waals surface area contributed by atoms with Gasteiger partial charge in [0.25, 0.3) is 0 Å². The molecule has 0 atom stereocenters. The van der Waals surface area contributed by atoms with E-state index < -0.39 is 0 Å². The van der Waals surface area contributed by atoms with E-state index in [4.69, 9.17) is 4.74 Å². The van der Waals surface area contributed by atoms with E-state index in [-0.39, 0.29) is 17.2 Å². The van der Waals surface area contributed by atoms with Crippen LogP contribution in [0.4, 0.5) is 5.82 Å². The first kappa shape index (κ1) is 17.7. The summed E-state index contributed by atoms with van der Waals surface area (Å²) in [6, 6.07) is 10.4. The highest BCUT2D eigenvalue weighted by Gasteiger charge is 2.22. The number of benzene rings is 1. The lowest BCUT2D eigenvalue weighted by molar-refractivity contribution is -0.122. The third-order valence-electron chi connectivity index (χ3n) is 4.71. The molecule has 5 heteroatoms. The van der Waals surface area contributed by atoms with Crippen molar-refractivity contribution in [3.63, 3.8) is 0 Å². The first-order valence-electron chi connectivity index (χ1n) is 8.93. The molecule has 0 saturated carbocycles. The normalized spacial score (nSPS) is 16.0. The summed E-state index contributed by atoms with van der Waals surface area (Å²) in [4.78, 5) is 12.4. The molecule has 25 heavy (non-hydrogen) atoms. The molecule has 0 aliphatic carbocycles. The number of carbonyl (C=O) groups excluding carboxylic acids is 1. The number of carbonyl (C=O) groups is 1. The number of rotatable bonds is 4. The summed E-state index contributed by atoms with van der Waals surface area (Å²) in [6.07, 6.45) is 3.30. The first-order valence-corrected chi connectivity index (χ1v) is 8.93. The van der Waals surface area contributed by atoms with Crippen molar-refractivity contribution in [2.24, 2.45) is 5.92 Å². The van der Waals surface area contributed by atoms with E-state index in [1.807, 2.05) is 10.7 Å². The number of anilines is 1. The summed E-state index contributed by atoms with van der Waals surface area (Å²) >= 11 is 0. The highest BCUT2D eigenvalue weighted by atomic mass is 16.5. The van der Waals surface area contributed by atoms with Crippen LogP contribution in [-0.4, -0.2) is 28.9 Å². The molecule has 5 nitrogen and oxygen atoms in total. The lowest BCUT2D eigenvalue weighted by Gasteiger charge is -2.21. The van der Waals surface area contributed by atoms with E-state index in [0.717, 1.165) is 18.7 Å². The van der Waals surface area contributed by atoms with Crippen LogP contribution in [0.25, 0.3) is 0 Å². The molecule has 0 bridgehead atoms. The number of aromatic nitrogens is 2. The van der Waals surface area contributed by atoms with Crippen LogP contribution >= 0.6 is 0 Å². The summed E-state index contributed by atoms with van der Waals surface area (Å²) in [6.45, 7) is 8.59. The Morgan fingerprint density at radius 2 is 1.88 bits per heavy atom. The fraction of sp³-hybridized carbons (Fsp3) is 0.500. The summed E-state index contributed by atoms with van der Waals surface area (Å²) in [7, 11) is 0. The maximum atomic E-state index is 12.4. The molecular weight excluding hydrogens is 314 g/mol. The average Bonchev–Trinajstić information content (AvgIpc) is 3.02. The molecule has 1 fully saturated rings. The van der Waals surface area contributed by atoms with Crippen LogP contribution in [0.15, 0.2) is 36.5 Å². The molecule has 1 N–H and O–H groups in total. The van der Waals surface area contributed by atoms with Crippen LogP contribution in [-0.2, 0) is 21.5 Å². The molecular formula is C20H27N3O2. The molecule has 2 aromatic rings. The quantitative estimate of drug-likeness (QED) is 0.924. The van der Waals surface area contributed by atoms with Crippen molar-refractivity contribution >= 4 is 11.7 Å². The zero-order chi connectivity index (χ0) is 17.9. The monoisotopic (exact) mass is 341 g/mol. The molecule has 2 heterocycles. The SMILES string of the molecule is CC(C)(C)c1ccc(Cn2nccc2NC(=O)C2CCOCC2)cc1. The van der Waals surface area contributed by atoms with Gasteiger partial charge in [-0.25, -0.2) is 4.68 Å².